The number of hydrogen-bond acceptors (Lipinski definition) is 3. The van der Waals surface area contributed by atoms with E-state index in [0.717, 1.165) is 18.8 Å². The van der Waals surface area contributed by atoms with Crippen molar-refractivity contribution >= 4 is 18.2 Å². The summed E-state index contributed by atoms with van der Waals surface area (Å²) in [6.07, 6.45) is -0.496. The minimum Gasteiger partial charge on any atom is -0.481 e. The van der Waals surface area contributed by atoms with Gasteiger partial charge in [-0.25, -0.2) is 0 Å². The Labute approximate surface area is 144 Å². The Morgan fingerprint density at radius 2 is 1.48 bits per heavy atom. The first kappa shape index (κ1) is 19.2. The van der Waals surface area contributed by atoms with Gasteiger partial charge < -0.3 is 4.74 Å². The molecule has 0 aliphatic carbocycles. The topological polar surface area (TPSA) is 29.5 Å². The number of carbonyl (C=O) groups is 1. The summed E-state index contributed by atoms with van der Waals surface area (Å²) < 4.78 is 5.97. The molecule has 0 amide bonds. The Kier molecular flexibility index (Phi) is 8.38. The minimum absolute atomic E-state index is 0. The number of para-hydroxylation sites is 1. The van der Waals surface area contributed by atoms with Crippen molar-refractivity contribution in [2.45, 2.75) is 20.0 Å². The molecule has 0 spiro atoms. The summed E-state index contributed by atoms with van der Waals surface area (Å²) in [5.74, 6) is 0.750. The van der Waals surface area contributed by atoms with Gasteiger partial charge in [-0.3, -0.25) is 9.69 Å². The summed E-state index contributed by atoms with van der Waals surface area (Å²) in [4.78, 5) is 15.0. The number of benzene rings is 2. The van der Waals surface area contributed by atoms with E-state index in [0.29, 0.717) is 12.1 Å². The summed E-state index contributed by atoms with van der Waals surface area (Å²) >= 11 is 0. The fourth-order valence-electron chi connectivity index (χ4n) is 2.34. The van der Waals surface area contributed by atoms with Gasteiger partial charge in [-0.05, 0) is 25.2 Å². The zero-order valence-electron chi connectivity index (χ0n) is 13.6. The largest absolute Gasteiger partial charge is 0.481 e. The fourth-order valence-corrected chi connectivity index (χ4v) is 2.34. The third-order valence-electron chi connectivity index (χ3n) is 3.69. The van der Waals surface area contributed by atoms with E-state index in [-0.39, 0.29) is 18.2 Å². The maximum atomic E-state index is 12.8. The van der Waals surface area contributed by atoms with Crippen LogP contribution in [0.4, 0.5) is 0 Å². The molecule has 0 N–H and O–H groups in total. The monoisotopic (exact) mass is 333 g/mol. The van der Waals surface area contributed by atoms with Gasteiger partial charge in [0.15, 0.2) is 6.10 Å². The lowest BCUT2D eigenvalue weighted by atomic mass is 10.1. The zero-order valence-corrected chi connectivity index (χ0v) is 14.5. The van der Waals surface area contributed by atoms with Crippen LogP contribution in [0.25, 0.3) is 0 Å². The summed E-state index contributed by atoms with van der Waals surface area (Å²) in [6, 6.07) is 18.9. The second-order valence-corrected chi connectivity index (χ2v) is 5.14. The first-order valence-electron chi connectivity index (χ1n) is 7.78. The Hall–Kier alpha value is -1.84. The van der Waals surface area contributed by atoms with Crippen molar-refractivity contribution in [3.63, 3.8) is 0 Å². The van der Waals surface area contributed by atoms with Crippen molar-refractivity contribution in [3.8, 4) is 5.75 Å². The third kappa shape index (κ3) is 5.70. The van der Waals surface area contributed by atoms with Crippen molar-refractivity contribution in [3.05, 3.63) is 66.2 Å². The fraction of sp³-hybridized carbons (Fsp3) is 0.316. The summed E-state index contributed by atoms with van der Waals surface area (Å²) in [5.41, 5.74) is 0.690. The average Bonchev–Trinajstić information content (AvgIpc) is 2.59. The zero-order chi connectivity index (χ0) is 15.8. The van der Waals surface area contributed by atoms with E-state index >= 15 is 0 Å². The van der Waals surface area contributed by atoms with Crippen LogP contribution in [0.1, 0.15) is 24.2 Å². The predicted molar refractivity (Wildman–Crippen MR) is 96.7 cm³/mol. The Balaban J connectivity index is 0.00000264. The minimum atomic E-state index is -0.496. The number of rotatable bonds is 8. The Morgan fingerprint density at radius 3 is 2.00 bits per heavy atom. The molecule has 0 aromatic heterocycles. The van der Waals surface area contributed by atoms with Crippen LogP contribution in [0.2, 0.25) is 0 Å². The lowest BCUT2D eigenvalue weighted by Gasteiger charge is -2.25. The molecular weight excluding hydrogens is 310 g/mol. The smallest absolute Gasteiger partial charge is 0.204 e. The molecule has 1 atom stereocenters. The van der Waals surface area contributed by atoms with Crippen LogP contribution in [0.5, 0.6) is 5.75 Å². The molecule has 124 valence electrons. The van der Waals surface area contributed by atoms with E-state index in [1.165, 1.54) is 0 Å². The molecule has 2 aromatic carbocycles. The number of carbonyl (C=O) groups excluding carboxylic acids is 1. The van der Waals surface area contributed by atoms with E-state index in [9.17, 15) is 4.79 Å². The average molecular weight is 334 g/mol. The molecule has 0 bridgehead atoms. The van der Waals surface area contributed by atoms with Crippen molar-refractivity contribution in [1.29, 1.82) is 0 Å². The number of hydrogen-bond donors (Lipinski definition) is 0. The molecule has 0 aliphatic heterocycles. The van der Waals surface area contributed by atoms with E-state index < -0.39 is 6.10 Å². The van der Waals surface area contributed by atoms with Crippen LogP contribution < -0.4 is 4.74 Å². The number of Topliss-reactive ketones (excluding diaryl/α,β-unsaturated/α-hetero) is 1. The van der Waals surface area contributed by atoms with Crippen LogP contribution in [-0.4, -0.2) is 36.4 Å². The molecule has 0 fully saturated rings. The highest BCUT2D eigenvalue weighted by Gasteiger charge is 2.23. The second kappa shape index (κ2) is 10.0. The third-order valence-corrected chi connectivity index (χ3v) is 3.69. The first-order valence-corrected chi connectivity index (χ1v) is 7.78. The lowest BCUT2D eigenvalue weighted by Crippen LogP contribution is -2.40. The Bertz CT molecular complexity index is 570. The van der Waals surface area contributed by atoms with Crippen LogP contribution in [0.15, 0.2) is 60.7 Å². The number of ketones is 1. The van der Waals surface area contributed by atoms with Crippen molar-refractivity contribution in [2.75, 3.05) is 19.6 Å². The highest BCUT2D eigenvalue weighted by atomic mass is 35.5. The molecule has 0 saturated heterocycles. The highest BCUT2D eigenvalue weighted by Crippen LogP contribution is 2.15. The maximum absolute atomic E-state index is 12.8. The highest BCUT2D eigenvalue weighted by molar-refractivity contribution is 5.99. The van der Waals surface area contributed by atoms with Gasteiger partial charge in [0.25, 0.3) is 0 Å². The molecule has 23 heavy (non-hydrogen) atoms. The lowest BCUT2D eigenvalue weighted by molar-refractivity contribution is 0.0715. The molecule has 4 heteroatoms. The van der Waals surface area contributed by atoms with Gasteiger partial charge in [0.2, 0.25) is 5.78 Å². The van der Waals surface area contributed by atoms with Crippen LogP contribution >= 0.6 is 12.4 Å². The van der Waals surface area contributed by atoms with E-state index in [1.807, 2.05) is 60.7 Å². The van der Waals surface area contributed by atoms with E-state index in [4.69, 9.17) is 4.74 Å². The summed E-state index contributed by atoms with van der Waals surface area (Å²) in [7, 11) is 0. The van der Waals surface area contributed by atoms with Gasteiger partial charge in [-0.1, -0.05) is 62.4 Å². The molecule has 2 aromatic rings. The molecule has 0 radical (unpaired) electrons. The molecular formula is C19H24ClNO2. The van der Waals surface area contributed by atoms with Gasteiger partial charge >= 0.3 is 0 Å². The number of likely N-dealkylation sites (N-methyl/N-ethyl adjacent to an activating group) is 1. The van der Waals surface area contributed by atoms with Gasteiger partial charge in [0, 0.05) is 12.1 Å². The predicted octanol–water partition coefficient (Wildman–Crippen LogP) is 4.08. The van der Waals surface area contributed by atoms with Gasteiger partial charge in [-0.15, -0.1) is 12.4 Å². The molecule has 3 nitrogen and oxygen atoms in total. The summed E-state index contributed by atoms with van der Waals surface area (Å²) in [6.45, 7) is 6.57. The standard InChI is InChI=1S/C19H23NO2.ClH/c1-3-20(4-2)15-18(22-17-13-9-6-10-14-17)19(21)16-11-7-5-8-12-16;/h5-14,18H,3-4,15H2,1-2H3;1H. The summed E-state index contributed by atoms with van der Waals surface area (Å²) in [5, 5.41) is 0. The molecule has 1 unspecified atom stereocenters. The Morgan fingerprint density at radius 1 is 0.957 bits per heavy atom. The van der Waals surface area contributed by atoms with Crippen molar-refractivity contribution < 1.29 is 9.53 Å². The van der Waals surface area contributed by atoms with Crippen LogP contribution in [-0.2, 0) is 0 Å². The van der Waals surface area contributed by atoms with Gasteiger partial charge in [0.05, 0.1) is 0 Å². The molecule has 2 rings (SSSR count). The van der Waals surface area contributed by atoms with Crippen LogP contribution in [0.3, 0.4) is 0 Å². The van der Waals surface area contributed by atoms with Crippen molar-refractivity contribution in [2.24, 2.45) is 0 Å². The number of halogens is 1. The van der Waals surface area contributed by atoms with Gasteiger partial charge in [-0.2, -0.15) is 0 Å². The molecule has 0 heterocycles. The second-order valence-electron chi connectivity index (χ2n) is 5.14. The van der Waals surface area contributed by atoms with Crippen molar-refractivity contribution in [1.82, 2.24) is 4.90 Å². The van der Waals surface area contributed by atoms with Gasteiger partial charge in [0.1, 0.15) is 5.75 Å². The number of nitrogens with zero attached hydrogens (tertiary/aromatic N) is 1. The van der Waals surface area contributed by atoms with E-state index in [1.54, 1.807) is 0 Å². The van der Waals surface area contributed by atoms with E-state index in [2.05, 4.69) is 18.7 Å². The SMILES string of the molecule is CCN(CC)CC(Oc1ccccc1)C(=O)c1ccccc1.Cl. The number of ether oxygens (including phenoxy) is 1. The molecule has 0 aliphatic rings. The quantitative estimate of drug-likeness (QED) is 0.682. The first-order chi connectivity index (χ1) is 10.7. The normalized spacial score (nSPS) is 11.6. The maximum Gasteiger partial charge on any atom is 0.204 e. The molecule has 0 saturated carbocycles. The van der Waals surface area contributed by atoms with Crippen LogP contribution in [0, 0.1) is 0 Å².